The molecule has 2 amide bonds. The van der Waals surface area contributed by atoms with E-state index in [1.165, 1.54) is 12.0 Å². The minimum atomic E-state index is -0.692. The summed E-state index contributed by atoms with van der Waals surface area (Å²) in [4.78, 5) is 42.7. The summed E-state index contributed by atoms with van der Waals surface area (Å²) in [5, 5.41) is 0. The van der Waals surface area contributed by atoms with Gasteiger partial charge >= 0.3 is 12.1 Å². The maximum absolute atomic E-state index is 14.0. The van der Waals surface area contributed by atoms with Crippen LogP contribution in [-0.2, 0) is 30.3 Å². The second-order valence-electron chi connectivity index (χ2n) is 11.4. The Balaban J connectivity index is 1.82. The van der Waals surface area contributed by atoms with Crippen LogP contribution >= 0.6 is 0 Å². The minimum absolute atomic E-state index is 0.0817. The van der Waals surface area contributed by atoms with Crippen LogP contribution in [0, 0.1) is 18.8 Å². The zero-order valence-corrected chi connectivity index (χ0v) is 24.4. The number of rotatable bonds is 11. The molecule has 0 unspecified atom stereocenters. The van der Waals surface area contributed by atoms with Gasteiger partial charge in [0.25, 0.3) is 0 Å². The van der Waals surface area contributed by atoms with Crippen molar-refractivity contribution in [3.05, 3.63) is 23.3 Å². The average Bonchev–Trinajstić information content (AvgIpc) is 3.74. The van der Waals surface area contributed by atoms with Gasteiger partial charge in [-0.3, -0.25) is 9.59 Å². The quantitative estimate of drug-likeness (QED) is 0.302. The van der Waals surface area contributed by atoms with Crippen LogP contribution in [0.15, 0.2) is 12.1 Å². The van der Waals surface area contributed by atoms with E-state index in [1.54, 1.807) is 35.0 Å². The number of likely N-dealkylation sites (tertiary alicyclic amines) is 1. The predicted octanol–water partition coefficient (Wildman–Crippen LogP) is 3.96. The first-order valence-corrected chi connectivity index (χ1v) is 13.6. The lowest BCUT2D eigenvalue weighted by Crippen LogP contribution is -2.52. The van der Waals surface area contributed by atoms with E-state index >= 15 is 0 Å². The monoisotopic (exact) mass is 548 g/mol. The van der Waals surface area contributed by atoms with Crippen molar-refractivity contribution in [3.63, 3.8) is 0 Å². The van der Waals surface area contributed by atoms with Crippen LogP contribution in [-0.4, -0.2) is 87.0 Å². The highest BCUT2D eigenvalue weighted by atomic mass is 16.6. The first-order chi connectivity index (χ1) is 18.5. The summed E-state index contributed by atoms with van der Waals surface area (Å²) in [7, 11) is 4.59. The molecule has 0 spiro atoms. The molecule has 1 saturated heterocycles. The van der Waals surface area contributed by atoms with Gasteiger partial charge in [-0.1, -0.05) is 0 Å². The fourth-order valence-corrected chi connectivity index (χ4v) is 4.85. The molecule has 1 aliphatic carbocycles. The summed E-state index contributed by atoms with van der Waals surface area (Å²) < 4.78 is 27.3. The van der Waals surface area contributed by atoms with Crippen molar-refractivity contribution in [2.75, 3.05) is 47.6 Å². The van der Waals surface area contributed by atoms with Crippen molar-refractivity contribution in [2.45, 2.75) is 71.6 Å². The summed E-state index contributed by atoms with van der Waals surface area (Å²) >= 11 is 0. The molecule has 2 atom stereocenters. The van der Waals surface area contributed by atoms with Crippen LogP contribution in [0.1, 0.15) is 57.6 Å². The highest BCUT2D eigenvalue weighted by Crippen LogP contribution is 2.36. The molecule has 0 radical (unpaired) electrons. The molecular weight excluding hydrogens is 504 g/mol. The van der Waals surface area contributed by atoms with E-state index in [4.69, 9.17) is 23.7 Å². The molecule has 1 aromatic rings. The standard InChI is InChI=1S/C29H44N2O8/c1-19-24(36-6)13-20(14-25(19)38-12-8-11-35-5)16-31(23-9-10-23)26(32)21-15-22(27(33)37-7)18-30(17-21)28(34)39-29(2,3)4/h13-14,21-23H,8-12,15-18H2,1-7H3/t21-,22+/m1/s1. The van der Waals surface area contributed by atoms with Crippen molar-refractivity contribution < 1.29 is 38.1 Å². The number of carbonyl (C=O) groups excluding carboxylic acids is 3. The Bertz CT molecular complexity index is 1020. The van der Waals surface area contributed by atoms with E-state index in [-0.39, 0.29) is 25.0 Å². The van der Waals surface area contributed by atoms with E-state index in [9.17, 15) is 14.4 Å². The molecule has 0 aromatic heterocycles. The van der Waals surface area contributed by atoms with Crippen molar-refractivity contribution in [1.29, 1.82) is 0 Å². The normalized spacial score (nSPS) is 19.3. The Labute approximate surface area is 231 Å². The van der Waals surface area contributed by atoms with Crippen LogP contribution in [0.2, 0.25) is 0 Å². The zero-order valence-electron chi connectivity index (χ0n) is 24.4. The SMILES string of the molecule is COCCCOc1cc(CN(C(=O)[C@@H]2C[C@H](C(=O)OC)CN(C(=O)OC(C)(C)C)C2)C2CC2)cc(OC)c1C. The van der Waals surface area contributed by atoms with Crippen molar-refractivity contribution >= 4 is 18.0 Å². The molecule has 1 saturated carbocycles. The van der Waals surface area contributed by atoms with Crippen LogP contribution in [0.3, 0.4) is 0 Å². The van der Waals surface area contributed by atoms with Gasteiger partial charge in [0.05, 0.1) is 32.7 Å². The second-order valence-corrected chi connectivity index (χ2v) is 11.4. The van der Waals surface area contributed by atoms with Gasteiger partial charge in [0.2, 0.25) is 5.91 Å². The lowest BCUT2D eigenvalue weighted by molar-refractivity contribution is -0.150. The first kappa shape index (κ1) is 30.5. The number of piperidine rings is 1. The molecule has 1 heterocycles. The molecule has 0 bridgehead atoms. The van der Waals surface area contributed by atoms with Gasteiger partial charge in [-0.05, 0) is 64.7 Å². The Morgan fingerprint density at radius 2 is 1.67 bits per heavy atom. The third kappa shape index (κ3) is 8.49. The number of nitrogens with zero attached hydrogens (tertiary/aromatic N) is 2. The van der Waals surface area contributed by atoms with E-state index in [0.717, 1.165) is 30.4 Å². The molecule has 218 valence electrons. The number of amides is 2. The molecule has 10 nitrogen and oxygen atoms in total. The highest BCUT2D eigenvalue weighted by molar-refractivity contribution is 5.83. The van der Waals surface area contributed by atoms with Gasteiger partial charge in [-0.15, -0.1) is 0 Å². The first-order valence-electron chi connectivity index (χ1n) is 13.6. The van der Waals surface area contributed by atoms with Crippen molar-refractivity contribution in [2.24, 2.45) is 11.8 Å². The molecule has 10 heteroatoms. The van der Waals surface area contributed by atoms with Gasteiger partial charge in [0.15, 0.2) is 0 Å². The number of carbonyl (C=O) groups is 3. The molecule has 1 aliphatic heterocycles. The van der Waals surface area contributed by atoms with E-state index in [2.05, 4.69) is 0 Å². The van der Waals surface area contributed by atoms with Crippen LogP contribution in [0.5, 0.6) is 11.5 Å². The number of benzene rings is 1. The average molecular weight is 549 g/mol. The molecule has 39 heavy (non-hydrogen) atoms. The Hall–Kier alpha value is -3.01. The molecule has 2 aliphatic rings. The maximum Gasteiger partial charge on any atom is 0.410 e. The van der Waals surface area contributed by atoms with E-state index in [1.807, 2.05) is 24.0 Å². The van der Waals surface area contributed by atoms with Crippen molar-refractivity contribution in [1.82, 2.24) is 9.80 Å². The number of hydrogen-bond acceptors (Lipinski definition) is 8. The van der Waals surface area contributed by atoms with Gasteiger partial charge in [-0.25, -0.2) is 4.79 Å². The summed E-state index contributed by atoms with van der Waals surface area (Å²) in [6.45, 7) is 9.14. The van der Waals surface area contributed by atoms with Gasteiger partial charge in [-0.2, -0.15) is 0 Å². The Morgan fingerprint density at radius 1 is 1.00 bits per heavy atom. The molecule has 1 aromatic carbocycles. The summed E-state index contributed by atoms with van der Waals surface area (Å²) in [6.07, 6.45) is 2.37. The lowest BCUT2D eigenvalue weighted by atomic mass is 9.88. The van der Waals surface area contributed by atoms with Crippen LogP contribution in [0.25, 0.3) is 0 Å². The fourth-order valence-electron chi connectivity index (χ4n) is 4.85. The van der Waals surface area contributed by atoms with E-state index in [0.29, 0.717) is 37.7 Å². The summed E-state index contributed by atoms with van der Waals surface area (Å²) in [5.74, 6) is -0.259. The lowest BCUT2D eigenvalue weighted by Gasteiger charge is -2.38. The Kier molecular flexibility index (Phi) is 10.5. The van der Waals surface area contributed by atoms with Gasteiger partial charge in [0, 0.05) is 51.4 Å². The number of hydrogen-bond donors (Lipinski definition) is 0. The third-order valence-electron chi connectivity index (χ3n) is 6.95. The van der Waals surface area contributed by atoms with Gasteiger partial charge in [0.1, 0.15) is 17.1 Å². The number of methoxy groups -OCH3 is 3. The molecule has 2 fully saturated rings. The largest absolute Gasteiger partial charge is 0.496 e. The van der Waals surface area contributed by atoms with Crippen LogP contribution < -0.4 is 9.47 Å². The number of ether oxygens (including phenoxy) is 5. The molecule has 3 rings (SSSR count). The topological polar surface area (TPSA) is 104 Å². The predicted molar refractivity (Wildman–Crippen MR) is 145 cm³/mol. The highest BCUT2D eigenvalue weighted by Gasteiger charge is 2.43. The third-order valence-corrected chi connectivity index (χ3v) is 6.95. The van der Waals surface area contributed by atoms with Crippen LogP contribution in [0.4, 0.5) is 4.79 Å². The zero-order chi connectivity index (χ0) is 28.7. The maximum atomic E-state index is 14.0. The summed E-state index contributed by atoms with van der Waals surface area (Å²) in [6, 6.07) is 4.01. The Morgan fingerprint density at radius 3 is 2.26 bits per heavy atom. The second kappa shape index (κ2) is 13.4. The minimum Gasteiger partial charge on any atom is -0.496 e. The van der Waals surface area contributed by atoms with Crippen molar-refractivity contribution in [3.8, 4) is 11.5 Å². The van der Waals surface area contributed by atoms with Gasteiger partial charge < -0.3 is 33.5 Å². The summed E-state index contributed by atoms with van der Waals surface area (Å²) in [5.41, 5.74) is 1.09. The molecule has 0 N–H and O–H groups in total. The van der Waals surface area contributed by atoms with E-state index < -0.39 is 29.5 Å². The molecular formula is C29H44N2O8. The smallest absolute Gasteiger partial charge is 0.410 e. The fraction of sp³-hybridized carbons (Fsp3) is 0.690. The number of esters is 1.